The fourth-order valence-corrected chi connectivity index (χ4v) is 1.66. The maximum atomic E-state index is 14.0. The molecular weight excluding hydrogens is 263 g/mol. The topological polar surface area (TPSA) is 61.3 Å². The molecule has 0 bridgehead atoms. The molecule has 0 spiro atoms. The second-order valence-electron chi connectivity index (χ2n) is 3.86. The van der Waals surface area contributed by atoms with Crippen LogP contribution in [0.4, 0.5) is 4.39 Å². The molecule has 1 aromatic carbocycles. The minimum atomic E-state index is -0.620. The molecule has 0 N–H and O–H groups in total. The van der Waals surface area contributed by atoms with Crippen molar-refractivity contribution >= 4 is 5.97 Å². The number of ether oxygens (including phenoxy) is 2. The van der Waals surface area contributed by atoms with E-state index in [-0.39, 0.29) is 17.0 Å². The minimum absolute atomic E-state index is 0.0262. The Morgan fingerprint density at radius 2 is 2.15 bits per heavy atom. The van der Waals surface area contributed by atoms with Crippen LogP contribution in [0.15, 0.2) is 30.6 Å². The highest BCUT2D eigenvalue weighted by Crippen LogP contribution is 2.24. The maximum absolute atomic E-state index is 14.0. The number of methoxy groups -OCH3 is 1. The van der Waals surface area contributed by atoms with Crippen molar-refractivity contribution in [2.45, 2.75) is 6.92 Å². The third kappa shape index (κ3) is 2.90. The molecule has 20 heavy (non-hydrogen) atoms. The van der Waals surface area contributed by atoms with E-state index in [1.54, 1.807) is 6.07 Å². The van der Waals surface area contributed by atoms with Crippen LogP contribution < -0.4 is 4.74 Å². The van der Waals surface area contributed by atoms with Crippen LogP contribution in [0.5, 0.6) is 5.75 Å². The number of halogens is 1. The number of esters is 1. The Morgan fingerprint density at radius 3 is 2.80 bits per heavy atom. The molecule has 0 unspecified atom stereocenters. The third-order valence-electron chi connectivity index (χ3n) is 2.56. The quantitative estimate of drug-likeness (QED) is 0.803. The molecule has 0 aliphatic rings. The number of benzene rings is 1. The summed E-state index contributed by atoms with van der Waals surface area (Å²) in [5.41, 5.74) is 0.526. The summed E-state index contributed by atoms with van der Waals surface area (Å²) in [6, 6.07) is 4.44. The molecule has 6 heteroatoms. The van der Waals surface area contributed by atoms with Crippen LogP contribution in [-0.4, -0.2) is 29.7 Å². The number of nitrogens with zero attached hydrogens (tertiary/aromatic N) is 2. The van der Waals surface area contributed by atoms with Gasteiger partial charge in [0, 0.05) is 11.6 Å². The number of hydrogen-bond donors (Lipinski definition) is 0. The lowest BCUT2D eigenvalue weighted by molar-refractivity contribution is 0.0593. The van der Waals surface area contributed by atoms with E-state index in [4.69, 9.17) is 4.74 Å². The number of carbonyl (C=O) groups is 1. The Bertz CT molecular complexity index is 632. The van der Waals surface area contributed by atoms with E-state index >= 15 is 0 Å². The molecule has 0 aliphatic heterocycles. The van der Waals surface area contributed by atoms with E-state index in [1.165, 1.54) is 31.6 Å². The van der Waals surface area contributed by atoms with Crippen molar-refractivity contribution in [1.82, 2.24) is 9.97 Å². The Morgan fingerprint density at radius 1 is 1.35 bits per heavy atom. The van der Waals surface area contributed by atoms with Gasteiger partial charge in [-0.2, -0.15) is 0 Å². The summed E-state index contributed by atoms with van der Waals surface area (Å²) in [5, 5.41) is 0. The summed E-state index contributed by atoms with van der Waals surface area (Å²) < 4.78 is 23.8. The average molecular weight is 276 g/mol. The van der Waals surface area contributed by atoms with Crippen molar-refractivity contribution in [3.8, 4) is 17.0 Å². The van der Waals surface area contributed by atoms with Crippen molar-refractivity contribution in [2.24, 2.45) is 0 Å². The monoisotopic (exact) mass is 276 g/mol. The first-order valence-corrected chi connectivity index (χ1v) is 5.98. The van der Waals surface area contributed by atoms with Gasteiger partial charge in [0.25, 0.3) is 0 Å². The summed E-state index contributed by atoms with van der Waals surface area (Å²) in [6.45, 7) is 2.27. The van der Waals surface area contributed by atoms with Crippen LogP contribution in [0.3, 0.4) is 0 Å². The van der Waals surface area contributed by atoms with Crippen molar-refractivity contribution < 1.29 is 18.7 Å². The molecule has 0 amide bonds. The number of carbonyl (C=O) groups excluding carboxylic acids is 1. The normalized spacial score (nSPS) is 10.2. The predicted octanol–water partition coefficient (Wildman–Crippen LogP) is 2.47. The molecule has 104 valence electrons. The van der Waals surface area contributed by atoms with Gasteiger partial charge in [0.1, 0.15) is 11.6 Å². The summed E-state index contributed by atoms with van der Waals surface area (Å²) in [5.74, 6) is -0.677. The van der Waals surface area contributed by atoms with Gasteiger partial charge in [0.15, 0.2) is 5.69 Å². The van der Waals surface area contributed by atoms with Gasteiger partial charge >= 0.3 is 5.97 Å². The van der Waals surface area contributed by atoms with Crippen molar-refractivity contribution in [1.29, 1.82) is 0 Å². The second-order valence-corrected chi connectivity index (χ2v) is 3.86. The summed E-state index contributed by atoms with van der Waals surface area (Å²) in [6.07, 6.45) is 2.65. The molecule has 0 fully saturated rings. The van der Waals surface area contributed by atoms with E-state index in [1.807, 2.05) is 6.92 Å². The summed E-state index contributed by atoms with van der Waals surface area (Å²) in [7, 11) is 1.24. The molecule has 1 aromatic heterocycles. The molecule has 0 aliphatic carbocycles. The molecule has 0 radical (unpaired) electrons. The lowest BCUT2D eigenvalue weighted by Gasteiger charge is -2.07. The lowest BCUT2D eigenvalue weighted by atomic mass is 10.1. The lowest BCUT2D eigenvalue weighted by Crippen LogP contribution is -2.06. The van der Waals surface area contributed by atoms with Crippen molar-refractivity contribution in [2.75, 3.05) is 13.7 Å². The van der Waals surface area contributed by atoms with Crippen LogP contribution in [0, 0.1) is 5.82 Å². The number of aromatic nitrogens is 2. The standard InChI is InChI=1S/C14H13FN2O3/c1-3-20-9-4-5-10(11(15)6-9)12-7-16-8-13(17-12)14(18)19-2/h4-8H,3H2,1-2H3. The van der Waals surface area contributed by atoms with E-state index in [0.29, 0.717) is 12.4 Å². The highest BCUT2D eigenvalue weighted by atomic mass is 19.1. The first-order valence-electron chi connectivity index (χ1n) is 5.98. The van der Waals surface area contributed by atoms with E-state index in [0.717, 1.165) is 0 Å². The second kappa shape index (κ2) is 6.10. The zero-order chi connectivity index (χ0) is 14.5. The molecule has 0 atom stereocenters. The summed E-state index contributed by atoms with van der Waals surface area (Å²) in [4.78, 5) is 19.3. The zero-order valence-corrected chi connectivity index (χ0v) is 11.1. The Hall–Kier alpha value is -2.50. The van der Waals surface area contributed by atoms with Crippen LogP contribution in [0.1, 0.15) is 17.4 Å². The molecule has 0 saturated heterocycles. The SMILES string of the molecule is CCOc1ccc(-c2cncc(C(=O)OC)n2)c(F)c1. The molecule has 2 rings (SSSR count). The highest BCUT2D eigenvalue weighted by Gasteiger charge is 2.13. The molecule has 1 heterocycles. The zero-order valence-electron chi connectivity index (χ0n) is 11.1. The largest absolute Gasteiger partial charge is 0.494 e. The Kier molecular flexibility index (Phi) is 4.24. The fraction of sp³-hybridized carbons (Fsp3) is 0.214. The van der Waals surface area contributed by atoms with Crippen molar-refractivity contribution in [3.63, 3.8) is 0 Å². The summed E-state index contributed by atoms with van der Waals surface area (Å²) >= 11 is 0. The number of hydrogen-bond acceptors (Lipinski definition) is 5. The van der Waals surface area contributed by atoms with Crippen LogP contribution >= 0.6 is 0 Å². The Balaban J connectivity index is 2.38. The van der Waals surface area contributed by atoms with Crippen LogP contribution in [0.25, 0.3) is 11.3 Å². The average Bonchev–Trinajstić information content (AvgIpc) is 2.47. The Labute approximate surface area is 115 Å². The maximum Gasteiger partial charge on any atom is 0.358 e. The first kappa shape index (κ1) is 13.9. The van der Waals surface area contributed by atoms with Crippen LogP contribution in [-0.2, 0) is 4.74 Å². The van der Waals surface area contributed by atoms with Gasteiger partial charge in [-0.1, -0.05) is 0 Å². The van der Waals surface area contributed by atoms with Gasteiger partial charge in [0.2, 0.25) is 0 Å². The van der Waals surface area contributed by atoms with Gasteiger partial charge in [-0.05, 0) is 19.1 Å². The predicted molar refractivity (Wildman–Crippen MR) is 69.9 cm³/mol. The minimum Gasteiger partial charge on any atom is -0.494 e. The van der Waals surface area contributed by atoms with E-state index < -0.39 is 11.8 Å². The van der Waals surface area contributed by atoms with Gasteiger partial charge in [-0.3, -0.25) is 4.98 Å². The first-order chi connectivity index (χ1) is 9.65. The van der Waals surface area contributed by atoms with Gasteiger partial charge in [0.05, 0.1) is 31.8 Å². The van der Waals surface area contributed by atoms with E-state index in [9.17, 15) is 9.18 Å². The smallest absolute Gasteiger partial charge is 0.358 e. The molecule has 5 nitrogen and oxygen atoms in total. The van der Waals surface area contributed by atoms with E-state index in [2.05, 4.69) is 14.7 Å². The number of rotatable bonds is 4. The van der Waals surface area contributed by atoms with Gasteiger partial charge in [-0.15, -0.1) is 0 Å². The van der Waals surface area contributed by atoms with Gasteiger partial charge < -0.3 is 9.47 Å². The fourth-order valence-electron chi connectivity index (χ4n) is 1.66. The molecule has 0 saturated carbocycles. The third-order valence-corrected chi connectivity index (χ3v) is 2.56. The highest BCUT2D eigenvalue weighted by molar-refractivity contribution is 5.87. The van der Waals surface area contributed by atoms with Crippen molar-refractivity contribution in [3.05, 3.63) is 42.1 Å². The molecular formula is C14H13FN2O3. The molecule has 2 aromatic rings. The van der Waals surface area contributed by atoms with Gasteiger partial charge in [-0.25, -0.2) is 14.2 Å². The van der Waals surface area contributed by atoms with Crippen LogP contribution in [0.2, 0.25) is 0 Å².